The fourth-order valence-electron chi connectivity index (χ4n) is 6.44. The van der Waals surface area contributed by atoms with E-state index in [4.69, 9.17) is 0 Å². The molecule has 3 nitrogen and oxygen atoms in total. The average molecular weight is 390 g/mol. The molecule has 0 heterocycles. The van der Waals surface area contributed by atoms with Crippen LogP contribution >= 0.6 is 0 Å². The van der Waals surface area contributed by atoms with Crippen molar-refractivity contribution in [2.24, 2.45) is 29.1 Å². The molecule has 0 spiro atoms. The molecule has 2 fully saturated rings. The lowest BCUT2D eigenvalue weighted by molar-refractivity contribution is -0.139. The van der Waals surface area contributed by atoms with E-state index in [0.717, 1.165) is 19.3 Å². The number of rotatable bonds is 11. The third-order valence-electron chi connectivity index (χ3n) is 7.98. The van der Waals surface area contributed by atoms with Gasteiger partial charge in [0.2, 0.25) is 0 Å². The monoisotopic (exact) mass is 389 g/mol. The van der Waals surface area contributed by atoms with E-state index in [2.05, 4.69) is 19.9 Å². The summed E-state index contributed by atoms with van der Waals surface area (Å²) in [5.41, 5.74) is 0.371. The quantitative estimate of drug-likeness (QED) is 0.376. The summed E-state index contributed by atoms with van der Waals surface area (Å²) in [6.45, 7) is 4.42. The Labute approximate surface area is 173 Å². The van der Waals surface area contributed by atoms with Crippen LogP contribution in [0.2, 0.25) is 0 Å². The number of aliphatic carboxylic acids is 1. The van der Waals surface area contributed by atoms with Gasteiger partial charge in [-0.3, -0.25) is 4.79 Å². The van der Waals surface area contributed by atoms with E-state index in [1.165, 1.54) is 77.0 Å². The molecule has 4 atom stereocenters. The van der Waals surface area contributed by atoms with Crippen molar-refractivity contribution in [1.29, 1.82) is 5.26 Å². The molecule has 3 heteroatoms. The van der Waals surface area contributed by atoms with Crippen molar-refractivity contribution in [3.05, 3.63) is 0 Å². The first-order valence-electron chi connectivity index (χ1n) is 12.1. The molecule has 0 radical (unpaired) electrons. The van der Waals surface area contributed by atoms with Gasteiger partial charge in [0, 0.05) is 12.3 Å². The highest BCUT2D eigenvalue weighted by atomic mass is 16.4. The highest BCUT2D eigenvalue weighted by Crippen LogP contribution is 2.56. The molecule has 0 aromatic heterocycles. The second-order valence-electron chi connectivity index (χ2n) is 9.93. The van der Waals surface area contributed by atoms with E-state index in [1.54, 1.807) is 0 Å². The molecule has 160 valence electrons. The van der Waals surface area contributed by atoms with Gasteiger partial charge in [-0.2, -0.15) is 5.26 Å². The fourth-order valence-corrected chi connectivity index (χ4v) is 6.44. The first-order valence-corrected chi connectivity index (χ1v) is 12.1. The average Bonchev–Trinajstić information content (AvgIpc) is 2.70. The number of carboxylic acids is 1. The van der Waals surface area contributed by atoms with Gasteiger partial charge in [-0.1, -0.05) is 71.6 Å². The molecule has 2 saturated carbocycles. The maximum Gasteiger partial charge on any atom is 0.303 e. The lowest BCUT2D eigenvalue weighted by Crippen LogP contribution is -2.43. The summed E-state index contributed by atoms with van der Waals surface area (Å²) >= 11 is 0. The SMILES string of the molecule is CCCCCCCCC1(C2CC(C#N)CCC2C(C)CC(=O)O)CCCCC1. The molecule has 28 heavy (non-hydrogen) atoms. The third-order valence-corrected chi connectivity index (χ3v) is 7.98. The van der Waals surface area contributed by atoms with Crippen LogP contribution in [0.5, 0.6) is 0 Å². The van der Waals surface area contributed by atoms with Crippen molar-refractivity contribution < 1.29 is 9.90 Å². The van der Waals surface area contributed by atoms with Gasteiger partial charge in [-0.05, 0) is 61.7 Å². The van der Waals surface area contributed by atoms with Gasteiger partial charge in [0.15, 0.2) is 0 Å². The third kappa shape index (κ3) is 6.50. The lowest BCUT2D eigenvalue weighted by Gasteiger charge is -2.51. The maximum atomic E-state index is 11.4. The van der Waals surface area contributed by atoms with Crippen LogP contribution < -0.4 is 0 Å². The molecule has 0 bridgehead atoms. The molecular weight excluding hydrogens is 346 g/mol. The maximum absolute atomic E-state index is 11.4. The number of nitrogens with zero attached hydrogens (tertiary/aromatic N) is 1. The van der Waals surface area contributed by atoms with Gasteiger partial charge in [-0.15, -0.1) is 0 Å². The molecule has 1 N–H and O–H groups in total. The van der Waals surface area contributed by atoms with Gasteiger partial charge in [0.05, 0.1) is 6.07 Å². The first-order chi connectivity index (χ1) is 13.5. The Hall–Kier alpha value is -1.04. The van der Waals surface area contributed by atoms with Crippen molar-refractivity contribution in [2.45, 2.75) is 117 Å². The second kappa shape index (κ2) is 11.8. The summed E-state index contributed by atoms with van der Waals surface area (Å²) in [4.78, 5) is 11.4. The van der Waals surface area contributed by atoms with Gasteiger partial charge in [-0.25, -0.2) is 0 Å². The van der Waals surface area contributed by atoms with E-state index in [1.807, 2.05) is 0 Å². The Morgan fingerprint density at radius 1 is 1.11 bits per heavy atom. The molecule has 0 saturated heterocycles. The van der Waals surface area contributed by atoms with Crippen LogP contribution in [-0.2, 0) is 4.79 Å². The summed E-state index contributed by atoms with van der Waals surface area (Å²) in [5, 5.41) is 19.0. The van der Waals surface area contributed by atoms with Gasteiger partial charge in [0.1, 0.15) is 0 Å². The zero-order chi connectivity index (χ0) is 20.4. The molecule has 2 aliphatic carbocycles. The molecule has 0 aliphatic heterocycles. The number of carbonyl (C=O) groups is 1. The second-order valence-corrected chi connectivity index (χ2v) is 9.93. The van der Waals surface area contributed by atoms with Crippen molar-refractivity contribution in [3.63, 3.8) is 0 Å². The summed E-state index contributed by atoms with van der Waals surface area (Å²) in [7, 11) is 0. The number of nitriles is 1. The van der Waals surface area contributed by atoms with E-state index >= 15 is 0 Å². The van der Waals surface area contributed by atoms with E-state index in [0.29, 0.717) is 17.3 Å². The predicted molar refractivity (Wildman–Crippen MR) is 115 cm³/mol. The minimum atomic E-state index is -0.665. The van der Waals surface area contributed by atoms with Gasteiger partial charge in [0.25, 0.3) is 0 Å². The highest BCUT2D eigenvalue weighted by Gasteiger charge is 2.47. The zero-order valence-electron chi connectivity index (χ0n) is 18.4. The van der Waals surface area contributed by atoms with Crippen LogP contribution in [0.1, 0.15) is 117 Å². The fraction of sp³-hybridized carbons (Fsp3) is 0.920. The summed E-state index contributed by atoms with van der Waals surface area (Å²) in [5.74, 6) is 0.782. The van der Waals surface area contributed by atoms with Crippen molar-refractivity contribution >= 4 is 5.97 Å². The van der Waals surface area contributed by atoms with Crippen LogP contribution in [0.3, 0.4) is 0 Å². The zero-order valence-corrected chi connectivity index (χ0v) is 18.4. The van der Waals surface area contributed by atoms with Crippen molar-refractivity contribution in [2.75, 3.05) is 0 Å². The molecule has 0 aromatic carbocycles. The van der Waals surface area contributed by atoms with Gasteiger partial charge < -0.3 is 5.11 Å². The van der Waals surface area contributed by atoms with Crippen LogP contribution in [0.25, 0.3) is 0 Å². The Kier molecular flexibility index (Phi) is 9.83. The predicted octanol–water partition coefficient (Wildman–Crippen LogP) is 7.35. The molecule has 2 aliphatic rings. The van der Waals surface area contributed by atoms with E-state index < -0.39 is 5.97 Å². The molecule has 0 aromatic rings. The largest absolute Gasteiger partial charge is 0.481 e. The van der Waals surface area contributed by atoms with E-state index in [-0.39, 0.29) is 18.3 Å². The smallest absolute Gasteiger partial charge is 0.303 e. The topological polar surface area (TPSA) is 61.1 Å². The lowest BCUT2D eigenvalue weighted by atomic mass is 9.53. The molecule has 2 rings (SSSR count). The number of hydrogen-bond donors (Lipinski definition) is 1. The standard InChI is InChI=1S/C25H43NO2/c1-3-4-5-6-7-9-14-25(15-10-8-11-16-25)23-18-21(19-26)12-13-22(23)20(2)17-24(27)28/h20-23H,3-18H2,1-2H3,(H,27,28). The Morgan fingerprint density at radius 2 is 1.79 bits per heavy atom. The van der Waals surface area contributed by atoms with Gasteiger partial charge >= 0.3 is 5.97 Å². The minimum absolute atomic E-state index is 0.182. The van der Waals surface area contributed by atoms with Crippen LogP contribution in [0, 0.1) is 40.4 Å². The van der Waals surface area contributed by atoms with Crippen LogP contribution in [0.15, 0.2) is 0 Å². The summed E-state index contributed by atoms with van der Waals surface area (Å²) in [6.07, 6.45) is 19.3. The molecule has 0 amide bonds. The number of carboxylic acid groups (broad SMARTS) is 1. The highest BCUT2D eigenvalue weighted by molar-refractivity contribution is 5.67. The van der Waals surface area contributed by atoms with Crippen molar-refractivity contribution in [3.8, 4) is 6.07 Å². The van der Waals surface area contributed by atoms with Crippen LogP contribution in [0.4, 0.5) is 0 Å². The summed E-state index contributed by atoms with van der Waals surface area (Å²) in [6, 6.07) is 2.56. The Balaban J connectivity index is 2.11. The Morgan fingerprint density at radius 3 is 2.43 bits per heavy atom. The van der Waals surface area contributed by atoms with Crippen LogP contribution in [-0.4, -0.2) is 11.1 Å². The normalized spacial score (nSPS) is 28.4. The molecular formula is C25H43NO2. The minimum Gasteiger partial charge on any atom is -0.481 e. The Bertz CT molecular complexity index is 503. The first kappa shape index (κ1) is 23.2. The van der Waals surface area contributed by atoms with E-state index in [9.17, 15) is 15.2 Å². The van der Waals surface area contributed by atoms with Crippen molar-refractivity contribution in [1.82, 2.24) is 0 Å². The number of unbranched alkanes of at least 4 members (excludes halogenated alkanes) is 5. The molecule has 4 unspecified atom stereocenters. The summed E-state index contributed by atoms with van der Waals surface area (Å²) < 4.78 is 0. The number of hydrogen-bond acceptors (Lipinski definition) is 2.